The molecule has 7 heteroatoms. The highest BCUT2D eigenvalue weighted by Crippen LogP contribution is 2.26. The zero-order chi connectivity index (χ0) is 17.3. The van der Waals surface area contributed by atoms with Crippen LogP contribution in [0.3, 0.4) is 0 Å². The summed E-state index contributed by atoms with van der Waals surface area (Å²) in [6.07, 6.45) is 0.499. The molecule has 0 spiro atoms. The molecule has 1 fully saturated rings. The summed E-state index contributed by atoms with van der Waals surface area (Å²) in [6, 6.07) is 9.63. The van der Waals surface area contributed by atoms with Crippen LogP contribution in [-0.4, -0.2) is 42.1 Å². The summed E-state index contributed by atoms with van der Waals surface area (Å²) in [7, 11) is -2.99. The Hall–Kier alpha value is -1.60. The molecule has 3 rings (SSSR count). The number of amides is 1. The smallest absolute Gasteiger partial charge is 0.233 e. The topological polar surface area (TPSA) is 76.1 Å². The summed E-state index contributed by atoms with van der Waals surface area (Å²) in [5.74, 6) is 0.0589. The van der Waals surface area contributed by atoms with Crippen molar-refractivity contribution in [2.45, 2.75) is 36.6 Å². The van der Waals surface area contributed by atoms with Crippen LogP contribution >= 0.6 is 11.8 Å². The first kappa shape index (κ1) is 17.2. The van der Waals surface area contributed by atoms with E-state index in [9.17, 15) is 13.2 Å². The van der Waals surface area contributed by atoms with E-state index in [-0.39, 0.29) is 28.7 Å². The molecule has 1 aromatic heterocycles. The summed E-state index contributed by atoms with van der Waals surface area (Å²) < 4.78 is 23.0. The molecular formula is C17H20N2O3S2. The van der Waals surface area contributed by atoms with Crippen molar-refractivity contribution in [2.24, 2.45) is 0 Å². The summed E-state index contributed by atoms with van der Waals surface area (Å²) in [6.45, 7) is 3.85. The van der Waals surface area contributed by atoms with Crippen molar-refractivity contribution >= 4 is 38.4 Å². The molecule has 0 unspecified atom stereocenters. The first-order valence-corrected chi connectivity index (χ1v) is 10.6. The van der Waals surface area contributed by atoms with Gasteiger partial charge in [0, 0.05) is 11.4 Å². The fourth-order valence-corrected chi connectivity index (χ4v) is 5.45. The number of fused-ring (bicyclic) bond motifs is 1. The first-order valence-electron chi connectivity index (χ1n) is 7.88. The monoisotopic (exact) mass is 364 g/mol. The van der Waals surface area contributed by atoms with E-state index in [2.05, 4.69) is 10.3 Å². The minimum Gasteiger partial charge on any atom is -0.351 e. The van der Waals surface area contributed by atoms with Gasteiger partial charge in [-0.05, 0) is 38.0 Å². The number of nitrogens with zero attached hydrogens (tertiary/aromatic N) is 1. The third-order valence-electron chi connectivity index (χ3n) is 4.15. The minimum atomic E-state index is -2.99. The number of hydrogen-bond donors (Lipinski definition) is 1. The number of aryl methyl sites for hydroxylation is 1. The Morgan fingerprint density at radius 1 is 1.38 bits per heavy atom. The molecule has 2 aromatic rings. The van der Waals surface area contributed by atoms with Crippen LogP contribution in [0, 0.1) is 6.92 Å². The summed E-state index contributed by atoms with van der Waals surface area (Å²) in [4.78, 5) is 16.9. The second kappa shape index (κ2) is 6.72. The van der Waals surface area contributed by atoms with Crippen molar-refractivity contribution in [2.75, 3.05) is 11.5 Å². The third kappa shape index (κ3) is 3.89. The lowest BCUT2D eigenvalue weighted by atomic mass is 10.1. The predicted molar refractivity (Wildman–Crippen MR) is 97.0 cm³/mol. The highest BCUT2D eigenvalue weighted by Gasteiger charge is 2.30. The summed E-state index contributed by atoms with van der Waals surface area (Å²) >= 11 is 1.39. The zero-order valence-corrected chi connectivity index (χ0v) is 15.3. The van der Waals surface area contributed by atoms with Crippen molar-refractivity contribution in [3.63, 3.8) is 0 Å². The standard InChI is InChI=1S/C17H20N2O3S2/c1-11-9-16(19-15-6-4-3-5-14(11)15)23-12(2)17(20)18-13-7-8-24(21,22)10-13/h3-6,9,12-13H,7-8,10H2,1-2H3,(H,18,20)/t12-,13-/m1/s1. The largest absolute Gasteiger partial charge is 0.351 e. The van der Waals surface area contributed by atoms with Crippen LogP contribution in [0.1, 0.15) is 18.9 Å². The van der Waals surface area contributed by atoms with Gasteiger partial charge < -0.3 is 5.32 Å². The first-order chi connectivity index (χ1) is 11.3. The highest BCUT2D eigenvalue weighted by molar-refractivity contribution is 8.00. The van der Waals surface area contributed by atoms with Gasteiger partial charge in [-0.25, -0.2) is 13.4 Å². The average molecular weight is 364 g/mol. The van der Waals surface area contributed by atoms with Gasteiger partial charge in [-0.1, -0.05) is 30.0 Å². The van der Waals surface area contributed by atoms with E-state index < -0.39 is 9.84 Å². The predicted octanol–water partition coefficient (Wildman–Crippen LogP) is 2.33. The van der Waals surface area contributed by atoms with Crippen molar-refractivity contribution in [1.29, 1.82) is 0 Å². The summed E-state index contributed by atoms with van der Waals surface area (Å²) in [5, 5.41) is 4.41. The highest BCUT2D eigenvalue weighted by atomic mass is 32.2. The van der Waals surface area contributed by atoms with Gasteiger partial charge in [0.15, 0.2) is 9.84 Å². The lowest BCUT2D eigenvalue weighted by molar-refractivity contribution is -0.120. The second-order valence-electron chi connectivity index (χ2n) is 6.16. The Bertz CT molecular complexity index is 881. The molecule has 1 aliphatic rings. The van der Waals surface area contributed by atoms with Gasteiger partial charge in [0.1, 0.15) is 0 Å². The molecular weight excluding hydrogens is 344 g/mol. The van der Waals surface area contributed by atoms with Gasteiger partial charge in [-0.15, -0.1) is 0 Å². The van der Waals surface area contributed by atoms with Crippen LogP contribution in [0.25, 0.3) is 10.9 Å². The average Bonchev–Trinajstić information content (AvgIpc) is 2.86. The Balaban J connectivity index is 1.68. The van der Waals surface area contributed by atoms with Crippen molar-refractivity contribution < 1.29 is 13.2 Å². The lowest BCUT2D eigenvalue weighted by Gasteiger charge is -2.16. The minimum absolute atomic E-state index is 0.0451. The second-order valence-corrected chi connectivity index (χ2v) is 9.75. The van der Waals surface area contributed by atoms with Gasteiger partial charge in [-0.2, -0.15) is 0 Å². The number of sulfone groups is 1. The van der Waals surface area contributed by atoms with Gasteiger partial charge in [0.05, 0.1) is 27.3 Å². The van der Waals surface area contributed by atoms with E-state index in [0.29, 0.717) is 6.42 Å². The number of pyridine rings is 1. The van der Waals surface area contributed by atoms with Crippen LogP contribution in [0.15, 0.2) is 35.4 Å². The fourth-order valence-electron chi connectivity index (χ4n) is 2.84. The molecule has 1 amide bonds. The number of nitrogens with one attached hydrogen (secondary N) is 1. The Morgan fingerprint density at radius 3 is 2.83 bits per heavy atom. The summed E-state index contributed by atoms with van der Waals surface area (Å²) in [5.41, 5.74) is 2.03. The number of aromatic nitrogens is 1. The van der Waals surface area contributed by atoms with E-state index >= 15 is 0 Å². The maximum Gasteiger partial charge on any atom is 0.233 e. The maximum absolute atomic E-state index is 12.3. The molecule has 2 atom stereocenters. The molecule has 1 aliphatic heterocycles. The molecule has 0 saturated carbocycles. The molecule has 0 radical (unpaired) electrons. The number of rotatable bonds is 4. The maximum atomic E-state index is 12.3. The third-order valence-corrected chi connectivity index (χ3v) is 6.93. The number of carbonyl (C=O) groups excluding carboxylic acids is 1. The molecule has 128 valence electrons. The van der Waals surface area contributed by atoms with E-state index in [1.807, 2.05) is 44.2 Å². The molecule has 24 heavy (non-hydrogen) atoms. The lowest BCUT2D eigenvalue weighted by Crippen LogP contribution is -2.39. The fraction of sp³-hybridized carbons (Fsp3) is 0.412. The van der Waals surface area contributed by atoms with Crippen LogP contribution in [-0.2, 0) is 14.6 Å². The zero-order valence-electron chi connectivity index (χ0n) is 13.7. The van der Waals surface area contributed by atoms with Crippen molar-refractivity contribution in [1.82, 2.24) is 10.3 Å². The van der Waals surface area contributed by atoms with E-state index in [1.54, 1.807) is 0 Å². The van der Waals surface area contributed by atoms with Crippen LogP contribution in [0.4, 0.5) is 0 Å². The molecule has 0 bridgehead atoms. The molecule has 1 aromatic carbocycles. The Labute approximate surface area is 146 Å². The molecule has 5 nitrogen and oxygen atoms in total. The number of hydrogen-bond acceptors (Lipinski definition) is 5. The van der Waals surface area contributed by atoms with E-state index in [1.165, 1.54) is 11.8 Å². The number of thioether (sulfide) groups is 1. The molecule has 0 aliphatic carbocycles. The Morgan fingerprint density at radius 2 is 2.12 bits per heavy atom. The quantitative estimate of drug-likeness (QED) is 0.843. The van der Waals surface area contributed by atoms with E-state index in [0.717, 1.165) is 21.5 Å². The SMILES string of the molecule is Cc1cc(S[C@H](C)C(=O)N[C@@H]2CCS(=O)(=O)C2)nc2ccccc12. The molecule has 2 heterocycles. The van der Waals surface area contributed by atoms with Crippen molar-refractivity contribution in [3.05, 3.63) is 35.9 Å². The normalized spacial score (nSPS) is 20.8. The molecule has 1 saturated heterocycles. The van der Waals surface area contributed by atoms with Gasteiger partial charge in [0.2, 0.25) is 5.91 Å². The van der Waals surface area contributed by atoms with Gasteiger partial charge in [0.25, 0.3) is 0 Å². The van der Waals surface area contributed by atoms with Crippen molar-refractivity contribution in [3.8, 4) is 0 Å². The van der Waals surface area contributed by atoms with Crippen LogP contribution < -0.4 is 5.32 Å². The van der Waals surface area contributed by atoms with Crippen LogP contribution in [0.5, 0.6) is 0 Å². The number of carbonyl (C=O) groups is 1. The van der Waals surface area contributed by atoms with Crippen LogP contribution in [0.2, 0.25) is 0 Å². The molecule has 1 N–H and O–H groups in total. The Kier molecular flexibility index (Phi) is 4.83. The number of para-hydroxylation sites is 1. The van der Waals surface area contributed by atoms with Gasteiger partial charge in [-0.3, -0.25) is 4.79 Å². The number of benzene rings is 1. The van der Waals surface area contributed by atoms with E-state index in [4.69, 9.17) is 0 Å². The van der Waals surface area contributed by atoms with Gasteiger partial charge >= 0.3 is 0 Å².